The topological polar surface area (TPSA) is 131 Å². The quantitative estimate of drug-likeness (QED) is 0.555. The average Bonchev–Trinajstić information content (AvgIpc) is 2.48. The molecule has 3 N–H and O–H groups in total. The molecule has 1 aliphatic rings. The van der Waals surface area contributed by atoms with Crippen LogP contribution in [0, 0.1) is 5.82 Å². The number of H-pyrrole nitrogens is 1. The van der Waals surface area contributed by atoms with Crippen molar-refractivity contribution < 1.29 is 33.3 Å². The molecule has 0 aromatic carbocycles. The molecule has 23 heavy (non-hydrogen) atoms. The lowest BCUT2D eigenvalue weighted by atomic mass is 9.99. The van der Waals surface area contributed by atoms with Crippen molar-refractivity contribution in [1.82, 2.24) is 9.55 Å². The highest BCUT2D eigenvalue weighted by Gasteiger charge is 2.48. The van der Waals surface area contributed by atoms with Gasteiger partial charge in [-0.2, -0.15) is 4.39 Å². The van der Waals surface area contributed by atoms with Gasteiger partial charge in [-0.05, 0) is 0 Å². The Balaban J connectivity index is 2.50. The van der Waals surface area contributed by atoms with Gasteiger partial charge < -0.3 is 19.7 Å². The van der Waals surface area contributed by atoms with E-state index >= 15 is 0 Å². The van der Waals surface area contributed by atoms with E-state index in [0.29, 0.717) is 10.8 Å². The largest absolute Gasteiger partial charge is 0.454 e. The molecule has 0 spiro atoms. The third-order valence-electron chi connectivity index (χ3n) is 3.30. The molecule has 0 unspecified atom stereocenters. The molecule has 1 fully saturated rings. The van der Waals surface area contributed by atoms with E-state index in [1.807, 2.05) is 0 Å². The molecule has 2 heterocycles. The molecule has 0 aliphatic carbocycles. The highest BCUT2D eigenvalue weighted by Crippen LogP contribution is 2.31. The number of nitrogens with one attached hydrogen (secondary N) is 1. The van der Waals surface area contributed by atoms with Gasteiger partial charge in [-0.3, -0.25) is 19.1 Å². The predicted molar refractivity (Wildman–Crippen MR) is 68.7 cm³/mol. The fourth-order valence-electron chi connectivity index (χ4n) is 2.23. The van der Waals surface area contributed by atoms with Crippen molar-refractivity contribution >= 4 is 5.97 Å². The normalized spacial score (nSPS) is 30.9. The third kappa shape index (κ3) is 3.30. The summed E-state index contributed by atoms with van der Waals surface area (Å²) in [6.07, 6.45) is -8.49. The summed E-state index contributed by atoms with van der Waals surface area (Å²) in [6, 6.07) is 0. The van der Waals surface area contributed by atoms with Crippen LogP contribution in [-0.4, -0.2) is 56.8 Å². The highest BCUT2D eigenvalue weighted by molar-refractivity contribution is 5.66. The Hall–Kier alpha value is -2.11. The zero-order valence-corrected chi connectivity index (χ0v) is 11.8. The van der Waals surface area contributed by atoms with Crippen LogP contribution in [0.4, 0.5) is 8.78 Å². The SMILES string of the molecule is CC(=O)O[C@@H]1[C@@H](F)[C@H](O)[C@@H](CO)O[C@H]1n1cc(F)c(=O)[nH]c1=O. The first kappa shape index (κ1) is 17.2. The fourth-order valence-corrected chi connectivity index (χ4v) is 2.23. The van der Waals surface area contributed by atoms with E-state index in [9.17, 15) is 28.3 Å². The summed E-state index contributed by atoms with van der Waals surface area (Å²) in [5.41, 5.74) is -2.43. The number of alkyl halides is 1. The molecule has 2 rings (SSSR count). The van der Waals surface area contributed by atoms with Crippen molar-refractivity contribution in [3.05, 3.63) is 32.9 Å². The maximum absolute atomic E-state index is 14.3. The Morgan fingerprint density at radius 1 is 1.52 bits per heavy atom. The molecule has 1 aromatic rings. The number of aromatic amines is 1. The summed E-state index contributed by atoms with van der Waals surface area (Å²) in [4.78, 5) is 35.6. The smallest absolute Gasteiger partial charge is 0.330 e. The van der Waals surface area contributed by atoms with Gasteiger partial charge in [0.05, 0.1) is 12.8 Å². The minimum Gasteiger partial charge on any atom is -0.454 e. The number of carbonyl (C=O) groups excluding carboxylic acids is 1. The number of hydrogen-bond donors (Lipinski definition) is 3. The van der Waals surface area contributed by atoms with E-state index in [0.717, 1.165) is 6.92 Å². The Bertz CT molecular complexity index is 703. The van der Waals surface area contributed by atoms with Crippen molar-refractivity contribution in [2.75, 3.05) is 6.61 Å². The summed E-state index contributed by atoms with van der Waals surface area (Å²) >= 11 is 0. The molecule has 9 nitrogen and oxygen atoms in total. The second-order valence-corrected chi connectivity index (χ2v) is 4.90. The molecule has 1 aromatic heterocycles. The number of hydrogen-bond acceptors (Lipinski definition) is 7. The van der Waals surface area contributed by atoms with Gasteiger partial charge in [0.25, 0.3) is 5.56 Å². The van der Waals surface area contributed by atoms with E-state index in [-0.39, 0.29) is 0 Å². The standard InChI is InChI=1S/C12H14F2N2O7/c1-4(18)22-9-7(14)8(19)6(3-17)23-11(9)16-2-5(13)10(20)15-12(16)21/h2,6-9,11,17,19H,3H2,1H3,(H,15,20,21)/t6-,7+,8-,9-,11-/m1/s1. The molecule has 0 amide bonds. The summed E-state index contributed by atoms with van der Waals surface area (Å²) < 4.78 is 38.0. The van der Waals surface area contributed by atoms with Crippen molar-refractivity contribution in [3.63, 3.8) is 0 Å². The van der Waals surface area contributed by atoms with Gasteiger partial charge in [0.1, 0.15) is 12.2 Å². The highest BCUT2D eigenvalue weighted by atomic mass is 19.1. The number of carbonyl (C=O) groups is 1. The van der Waals surface area contributed by atoms with Crippen LogP contribution >= 0.6 is 0 Å². The van der Waals surface area contributed by atoms with E-state index in [1.54, 1.807) is 4.98 Å². The predicted octanol–water partition coefficient (Wildman–Crippen LogP) is -1.80. The monoisotopic (exact) mass is 336 g/mol. The lowest BCUT2D eigenvalue weighted by molar-refractivity contribution is -0.245. The molecule has 5 atom stereocenters. The van der Waals surface area contributed by atoms with Crippen LogP contribution in [0.15, 0.2) is 15.8 Å². The molecule has 0 bridgehead atoms. The van der Waals surface area contributed by atoms with E-state index < -0.39 is 60.4 Å². The first-order valence-electron chi connectivity index (χ1n) is 6.53. The van der Waals surface area contributed by atoms with Crippen LogP contribution in [0.1, 0.15) is 13.2 Å². The van der Waals surface area contributed by atoms with Gasteiger partial charge in [0, 0.05) is 6.92 Å². The molecular weight excluding hydrogens is 322 g/mol. The van der Waals surface area contributed by atoms with Gasteiger partial charge in [0.15, 0.2) is 18.5 Å². The Morgan fingerprint density at radius 2 is 2.17 bits per heavy atom. The van der Waals surface area contributed by atoms with E-state index in [4.69, 9.17) is 14.6 Å². The Kier molecular flexibility index (Phi) is 4.92. The van der Waals surface area contributed by atoms with Crippen LogP contribution < -0.4 is 11.2 Å². The van der Waals surface area contributed by atoms with Crippen molar-refractivity contribution in [1.29, 1.82) is 0 Å². The molecule has 1 saturated heterocycles. The minimum absolute atomic E-state index is 0.460. The second-order valence-electron chi connectivity index (χ2n) is 4.90. The first-order chi connectivity index (χ1) is 10.8. The second kappa shape index (κ2) is 6.56. The van der Waals surface area contributed by atoms with Crippen LogP contribution in [0.5, 0.6) is 0 Å². The number of nitrogens with zero attached hydrogens (tertiary/aromatic N) is 1. The summed E-state index contributed by atoms with van der Waals surface area (Å²) in [5, 5.41) is 18.8. The van der Waals surface area contributed by atoms with Crippen molar-refractivity contribution in [3.8, 4) is 0 Å². The zero-order valence-electron chi connectivity index (χ0n) is 11.8. The van der Waals surface area contributed by atoms with Crippen molar-refractivity contribution in [2.24, 2.45) is 0 Å². The maximum atomic E-state index is 14.3. The van der Waals surface area contributed by atoms with E-state index in [1.165, 1.54) is 0 Å². The Labute approximate surface area is 127 Å². The first-order valence-corrected chi connectivity index (χ1v) is 6.53. The minimum atomic E-state index is -2.21. The van der Waals surface area contributed by atoms with Gasteiger partial charge >= 0.3 is 11.7 Å². The average molecular weight is 336 g/mol. The van der Waals surface area contributed by atoms with Crippen LogP contribution in [-0.2, 0) is 14.3 Å². The fraction of sp³-hybridized carbons (Fsp3) is 0.583. The van der Waals surface area contributed by atoms with Crippen molar-refractivity contribution in [2.45, 2.75) is 37.6 Å². The zero-order chi connectivity index (χ0) is 17.3. The molecule has 0 radical (unpaired) electrons. The number of aliphatic hydroxyl groups excluding tert-OH is 2. The number of halogens is 2. The summed E-state index contributed by atoms with van der Waals surface area (Å²) in [7, 11) is 0. The van der Waals surface area contributed by atoms with Gasteiger partial charge in [-0.15, -0.1) is 0 Å². The van der Waals surface area contributed by atoms with Gasteiger partial charge in [0.2, 0.25) is 5.82 Å². The molecule has 128 valence electrons. The van der Waals surface area contributed by atoms with Crippen LogP contribution in [0.2, 0.25) is 0 Å². The number of ether oxygens (including phenoxy) is 2. The van der Waals surface area contributed by atoms with Crippen LogP contribution in [0.3, 0.4) is 0 Å². The summed E-state index contributed by atoms with van der Waals surface area (Å²) in [6.45, 7) is 0.163. The number of rotatable bonds is 3. The molecular formula is C12H14F2N2O7. The van der Waals surface area contributed by atoms with Gasteiger partial charge in [-0.25, -0.2) is 9.18 Å². The number of esters is 1. The lowest BCUT2D eigenvalue weighted by Crippen LogP contribution is -2.57. The number of aromatic nitrogens is 2. The number of aliphatic hydroxyl groups is 2. The Morgan fingerprint density at radius 3 is 2.74 bits per heavy atom. The van der Waals surface area contributed by atoms with Gasteiger partial charge in [-0.1, -0.05) is 0 Å². The van der Waals surface area contributed by atoms with E-state index in [2.05, 4.69) is 0 Å². The third-order valence-corrected chi connectivity index (χ3v) is 3.30. The molecule has 0 saturated carbocycles. The maximum Gasteiger partial charge on any atom is 0.330 e. The summed E-state index contributed by atoms with van der Waals surface area (Å²) in [5.74, 6) is -2.28. The molecule has 1 aliphatic heterocycles. The van der Waals surface area contributed by atoms with Crippen LogP contribution in [0.25, 0.3) is 0 Å². The molecule has 11 heteroatoms. The lowest BCUT2D eigenvalue weighted by Gasteiger charge is -2.40.